The number of hydrogen-bond donors (Lipinski definition) is 3. The maximum atomic E-state index is 12.4. The van der Waals surface area contributed by atoms with Crippen molar-refractivity contribution in [3.05, 3.63) is 97.2 Å². The molecule has 300 valence electrons. The van der Waals surface area contributed by atoms with E-state index in [1.165, 1.54) is 0 Å². The molecule has 0 saturated heterocycles. The van der Waals surface area contributed by atoms with Crippen LogP contribution in [0.3, 0.4) is 0 Å². The van der Waals surface area contributed by atoms with E-state index in [9.17, 15) is 19.3 Å². The highest BCUT2D eigenvalue weighted by Crippen LogP contribution is 2.36. The van der Waals surface area contributed by atoms with Gasteiger partial charge in [0.25, 0.3) is 0 Å². The van der Waals surface area contributed by atoms with Gasteiger partial charge in [-0.15, -0.1) is 0 Å². The Morgan fingerprint density at radius 1 is 0.566 bits per heavy atom. The first-order valence-electron chi connectivity index (χ1n) is 19.6. The van der Waals surface area contributed by atoms with Crippen molar-refractivity contribution in [1.82, 2.24) is 0 Å². The Hall–Kier alpha value is -3.07. The third-order valence-corrected chi connectivity index (χ3v) is 8.24. The number of ether oxygens (including phenoxy) is 2. The molecular formula is C43H69O9P. The van der Waals surface area contributed by atoms with Gasteiger partial charge in [-0.2, -0.15) is 0 Å². The van der Waals surface area contributed by atoms with Gasteiger partial charge in [-0.05, 0) is 96.3 Å². The number of carbonyl (C=O) groups is 2. The third kappa shape index (κ3) is 40.0. The average Bonchev–Trinajstić information content (AvgIpc) is 3.13. The van der Waals surface area contributed by atoms with E-state index in [2.05, 4.69) is 96.5 Å². The number of allylic oxidation sites excluding steroid dienone is 16. The molecular weight excluding hydrogens is 691 g/mol. The third-order valence-electron chi connectivity index (χ3n) is 7.75. The van der Waals surface area contributed by atoms with Gasteiger partial charge >= 0.3 is 19.8 Å². The lowest BCUT2D eigenvalue weighted by Gasteiger charge is -2.18. The standard InChI is InChI=1S/C43H69O9P/c1-3-5-6-7-8-9-10-11-12-13-14-19-22-25-28-31-34-37-43(46)52-41(39-51-53(47,48)49)38-50-42(45)36-33-30-27-24-21-18-16-15-17-20-23-26-29-32-35-40(44)4-2/h5-6,8-9,11-12,14,16-20,24,26-27,29,40-41,44H,3-4,7,10,13,15,21-23,25,28,30-39H2,1-2H3,(H2,47,48,49)/b6-5-,9-8-,12-11-,18-16-,19-14-,20-17-,27-24-,29-26-/t40-,41+/m0/s1. The number of unbranched alkanes of at least 4 members (excludes halogenated alkanes) is 5. The second-order valence-electron chi connectivity index (χ2n) is 12.7. The van der Waals surface area contributed by atoms with E-state index in [-0.39, 0.29) is 25.6 Å². The van der Waals surface area contributed by atoms with E-state index in [1.54, 1.807) is 0 Å². The van der Waals surface area contributed by atoms with Gasteiger partial charge in [-0.3, -0.25) is 14.1 Å². The molecule has 3 N–H and O–H groups in total. The lowest BCUT2D eigenvalue weighted by Crippen LogP contribution is -2.29. The van der Waals surface area contributed by atoms with Crippen LogP contribution in [0.4, 0.5) is 0 Å². The van der Waals surface area contributed by atoms with Crippen LogP contribution in [0.15, 0.2) is 97.2 Å². The SMILES string of the molecule is CC/C=C\C/C=C\C/C=C\C/C=C\CCCCCCC(=O)O[C@H](COC(=O)CCC/C=C\C/C=C\C/C=C\C/C=C\CC[C@@H](O)CC)COP(=O)(O)O. The van der Waals surface area contributed by atoms with Crippen LogP contribution in [0.5, 0.6) is 0 Å². The quantitative estimate of drug-likeness (QED) is 0.0253. The summed E-state index contributed by atoms with van der Waals surface area (Å²) in [5.41, 5.74) is 0. The van der Waals surface area contributed by atoms with Crippen LogP contribution in [0.1, 0.15) is 136 Å². The molecule has 9 nitrogen and oxygen atoms in total. The summed E-state index contributed by atoms with van der Waals surface area (Å²) in [5, 5.41) is 9.53. The minimum atomic E-state index is -4.79. The van der Waals surface area contributed by atoms with E-state index in [0.717, 1.165) is 89.9 Å². The molecule has 0 aromatic heterocycles. The Morgan fingerprint density at radius 3 is 1.53 bits per heavy atom. The number of aliphatic hydroxyl groups excluding tert-OH is 1. The van der Waals surface area contributed by atoms with Crippen molar-refractivity contribution in [3.63, 3.8) is 0 Å². The zero-order valence-electron chi connectivity index (χ0n) is 32.5. The molecule has 0 aliphatic heterocycles. The van der Waals surface area contributed by atoms with Gasteiger partial charge < -0.3 is 24.4 Å². The van der Waals surface area contributed by atoms with Gasteiger partial charge in [0, 0.05) is 12.8 Å². The summed E-state index contributed by atoms with van der Waals surface area (Å²) in [4.78, 5) is 42.7. The smallest absolute Gasteiger partial charge is 0.462 e. The van der Waals surface area contributed by atoms with Crippen LogP contribution in [0.25, 0.3) is 0 Å². The van der Waals surface area contributed by atoms with Crippen LogP contribution in [0.2, 0.25) is 0 Å². The maximum Gasteiger partial charge on any atom is 0.469 e. The van der Waals surface area contributed by atoms with Crippen molar-refractivity contribution in [2.45, 2.75) is 148 Å². The second kappa shape index (κ2) is 37.3. The molecule has 0 radical (unpaired) electrons. The van der Waals surface area contributed by atoms with Gasteiger partial charge in [0.15, 0.2) is 6.10 Å². The Morgan fingerprint density at radius 2 is 1.02 bits per heavy atom. The Kier molecular flexibility index (Phi) is 35.1. The van der Waals surface area contributed by atoms with E-state index in [4.69, 9.17) is 19.3 Å². The molecule has 0 amide bonds. The first kappa shape index (κ1) is 49.9. The number of phosphoric ester groups is 1. The number of hydrogen-bond acceptors (Lipinski definition) is 7. The van der Waals surface area contributed by atoms with E-state index in [1.807, 2.05) is 19.1 Å². The summed E-state index contributed by atoms with van der Waals surface area (Å²) in [6.45, 7) is 3.20. The van der Waals surface area contributed by atoms with Crippen LogP contribution >= 0.6 is 7.82 Å². The summed E-state index contributed by atoms with van der Waals surface area (Å²) in [5.74, 6) is -1.01. The zero-order chi connectivity index (χ0) is 39.1. The van der Waals surface area contributed by atoms with Crippen molar-refractivity contribution in [3.8, 4) is 0 Å². The highest BCUT2D eigenvalue weighted by atomic mass is 31.2. The van der Waals surface area contributed by atoms with Crippen molar-refractivity contribution in [1.29, 1.82) is 0 Å². The monoisotopic (exact) mass is 760 g/mol. The van der Waals surface area contributed by atoms with Gasteiger partial charge in [0.1, 0.15) is 6.61 Å². The zero-order valence-corrected chi connectivity index (χ0v) is 33.4. The highest BCUT2D eigenvalue weighted by molar-refractivity contribution is 7.46. The molecule has 0 saturated carbocycles. The summed E-state index contributed by atoms with van der Waals surface area (Å²) in [6, 6.07) is 0. The molecule has 0 aromatic rings. The normalized spacial score (nSPS) is 14.1. The molecule has 0 aromatic carbocycles. The fourth-order valence-corrected chi connectivity index (χ4v) is 5.05. The number of rotatable bonds is 34. The van der Waals surface area contributed by atoms with Crippen LogP contribution < -0.4 is 0 Å². The predicted octanol–water partition coefficient (Wildman–Crippen LogP) is 10.8. The van der Waals surface area contributed by atoms with E-state index in [0.29, 0.717) is 19.3 Å². The fourth-order valence-electron chi connectivity index (χ4n) is 4.69. The van der Waals surface area contributed by atoms with Gasteiger partial charge in [-0.1, -0.05) is 124 Å². The van der Waals surface area contributed by atoms with Crippen LogP contribution in [-0.2, 0) is 28.2 Å². The number of aliphatic hydroxyl groups is 1. The van der Waals surface area contributed by atoms with Crippen LogP contribution in [-0.4, -0.2) is 52.3 Å². The number of carbonyl (C=O) groups excluding carboxylic acids is 2. The topological polar surface area (TPSA) is 140 Å². The van der Waals surface area contributed by atoms with Gasteiger partial charge in [0.2, 0.25) is 0 Å². The molecule has 0 rings (SSSR count). The maximum absolute atomic E-state index is 12.4. The average molecular weight is 761 g/mol. The number of phosphoric acid groups is 1. The van der Waals surface area contributed by atoms with Crippen molar-refractivity contribution >= 4 is 19.8 Å². The molecule has 0 unspecified atom stereocenters. The first-order chi connectivity index (χ1) is 25.7. The van der Waals surface area contributed by atoms with Crippen molar-refractivity contribution in [2.24, 2.45) is 0 Å². The molecule has 10 heteroatoms. The van der Waals surface area contributed by atoms with E-state index < -0.39 is 32.5 Å². The summed E-state index contributed by atoms with van der Waals surface area (Å²) in [7, 11) is -4.79. The molecule has 0 heterocycles. The molecule has 0 bridgehead atoms. The van der Waals surface area contributed by atoms with Crippen LogP contribution in [0, 0.1) is 0 Å². The van der Waals surface area contributed by atoms with Crippen molar-refractivity contribution in [2.75, 3.05) is 13.2 Å². The van der Waals surface area contributed by atoms with Gasteiger partial charge in [0.05, 0.1) is 12.7 Å². The predicted molar refractivity (Wildman–Crippen MR) is 217 cm³/mol. The molecule has 0 aliphatic carbocycles. The second-order valence-corrected chi connectivity index (χ2v) is 13.9. The summed E-state index contributed by atoms with van der Waals surface area (Å²) in [6.07, 6.45) is 47.9. The largest absolute Gasteiger partial charge is 0.469 e. The molecule has 0 aliphatic rings. The minimum absolute atomic E-state index is 0.159. The Labute approximate surface area is 320 Å². The molecule has 0 spiro atoms. The summed E-state index contributed by atoms with van der Waals surface area (Å²) >= 11 is 0. The van der Waals surface area contributed by atoms with Gasteiger partial charge in [-0.25, -0.2) is 4.57 Å². The number of esters is 2. The van der Waals surface area contributed by atoms with E-state index >= 15 is 0 Å². The first-order valence-corrected chi connectivity index (χ1v) is 21.1. The molecule has 53 heavy (non-hydrogen) atoms. The summed E-state index contributed by atoms with van der Waals surface area (Å²) < 4.78 is 26.3. The Balaban J connectivity index is 4.14. The Bertz CT molecular complexity index is 1190. The highest BCUT2D eigenvalue weighted by Gasteiger charge is 2.22. The molecule has 2 atom stereocenters. The van der Waals surface area contributed by atoms with Crippen molar-refractivity contribution < 1.29 is 43.0 Å². The minimum Gasteiger partial charge on any atom is -0.462 e. The molecule has 0 fully saturated rings. The fraction of sp³-hybridized carbons (Fsp3) is 0.581. The lowest BCUT2D eigenvalue weighted by atomic mass is 10.1. The lowest BCUT2D eigenvalue weighted by molar-refractivity contribution is -0.161.